The number of hydrogen-bond acceptors (Lipinski definition) is 5. The van der Waals surface area contributed by atoms with Gasteiger partial charge in [-0.15, -0.1) is 0 Å². The van der Waals surface area contributed by atoms with Gasteiger partial charge in [-0.05, 0) is 59.5 Å². The molecule has 5 rings (SSSR count). The Bertz CT molecular complexity index is 1270. The third-order valence-electron chi connectivity index (χ3n) is 6.84. The molecule has 0 radical (unpaired) electrons. The van der Waals surface area contributed by atoms with Gasteiger partial charge in [0.15, 0.2) is 0 Å². The number of hydrogen-bond donors (Lipinski definition) is 1. The van der Waals surface area contributed by atoms with E-state index in [1.807, 2.05) is 42.5 Å². The topological polar surface area (TPSA) is 48.8 Å². The van der Waals surface area contributed by atoms with Crippen LogP contribution in [0.25, 0.3) is 22.0 Å². The third-order valence-corrected chi connectivity index (χ3v) is 7.09. The van der Waals surface area contributed by atoms with Gasteiger partial charge in [0.05, 0.1) is 5.52 Å². The fourth-order valence-corrected chi connectivity index (χ4v) is 4.99. The SMILES string of the molecule is OC(COc1cccc2ncccc12)CN1CCN(CCc2ccccc2-c2ccc(Cl)cc2)CC1. The Morgan fingerprint density at radius 3 is 2.47 bits per heavy atom. The number of piperazine rings is 1. The molecule has 1 N–H and O–H groups in total. The van der Waals surface area contributed by atoms with E-state index in [9.17, 15) is 5.11 Å². The van der Waals surface area contributed by atoms with Gasteiger partial charge < -0.3 is 14.7 Å². The Kier molecular flexibility index (Phi) is 8.14. The van der Waals surface area contributed by atoms with Crippen LogP contribution in [0.2, 0.25) is 5.02 Å². The summed E-state index contributed by atoms with van der Waals surface area (Å²) < 4.78 is 5.95. The van der Waals surface area contributed by atoms with Crippen LogP contribution in [0.5, 0.6) is 5.75 Å². The first-order valence-electron chi connectivity index (χ1n) is 12.6. The fraction of sp³-hybridized carbons (Fsp3) is 0.300. The molecule has 1 atom stereocenters. The van der Waals surface area contributed by atoms with Gasteiger partial charge in [-0.2, -0.15) is 0 Å². The van der Waals surface area contributed by atoms with Gasteiger partial charge in [0.1, 0.15) is 18.5 Å². The largest absolute Gasteiger partial charge is 0.490 e. The van der Waals surface area contributed by atoms with E-state index < -0.39 is 6.10 Å². The van der Waals surface area contributed by atoms with Crippen molar-refractivity contribution in [2.75, 3.05) is 45.9 Å². The lowest BCUT2D eigenvalue weighted by Crippen LogP contribution is -2.49. The smallest absolute Gasteiger partial charge is 0.128 e. The van der Waals surface area contributed by atoms with Crippen LogP contribution in [0.1, 0.15) is 5.56 Å². The second-order valence-electron chi connectivity index (χ2n) is 9.35. The summed E-state index contributed by atoms with van der Waals surface area (Å²) in [5, 5.41) is 12.3. The second-order valence-corrected chi connectivity index (χ2v) is 9.78. The summed E-state index contributed by atoms with van der Waals surface area (Å²) in [7, 11) is 0. The van der Waals surface area contributed by atoms with Gasteiger partial charge in [-0.25, -0.2) is 0 Å². The molecule has 1 saturated heterocycles. The highest BCUT2D eigenvalue weighted by Gasteiger charge is 2.20. The molecule has 4 aromatic rings. The molecule has 186 valence electrons. The first kappa shape index (κ1) is 24.7. The quantitative estimate of drug-likeness (QED) is 0.343. The molecule has 5 nitrogen and oxygen atoms in total. The number of pyridine rings is 1. The van der Waals surface area contributed by atoms with Crippen LogP contribution < -0.4 is 4.74 Å². The first-order valence-corrected chi connectivity index (χ1v) is 13.0. The lowest BCUT2D eigenvalue weighted by molar-refractivity contribution is 0.0467. The predicted octanol–water partition coefficient (Wildman–Crippen LogP) is 5.16. The number of ether oxygens (including phenoxy) is 1. The Hall–Kier alpha value is -2.96. The lowest BCUT2D eigenvalue weighted by atomic mass is 9.97. The van der Waals surface area contributed by atoms with Gasteiger partial charge in [-0.3, -0.25) is 9.88 Å². The molecular weight excluding hydrogens is 470 g/mol. The molecule has 0 saturated carbocycles. The van der Waals surface area contributed by atoms with E-state index in [1.54, 1.807) is 6.20 Å². The van der Waals surface area contributed by atoms with Crippen molar-refractivity contribution in [2.24, 2.45) is 0 Å². The Labute approximate surface area is 217 Å². The zero-order valence-electron chi connectivity index (χ0n) is 20.4. The second kappa shape index (κ2) is 11.8. The zero-order chi connectivity index (χ0) is 24.7. The summed E-state index contributed by atoms with van der Waals surface area (Å²) >= 11 is 6.08. The van der Waals surface area contributed by atoms with Crippen LogP contribution in [0, 0.1) is 0 Å². The number of halogens is 1. The minimum atomic E-state index is -0.533. The van der Waals surface area contributed by atoms with E-state index in [2.05, 4.69) is 51.2 Å². The molecule has 2 heterocycles. The highest BCUT2D eigenvalue weighted by atomic mass is 35.5. The predicted molar refractivity (Wildman–Crippen MR) is 147 cm³/mol. The Morgan fingerprint density at radius 2 is 1.64 bits per heavy atom. The molecule has 0 spiro atoms. The maximum Gasteiger partial charge on any atom is 0.128 e. The normalized spacial score (nSPS) is 15.7. The van der Waals surface area contributed by atoms with Crippen LogP contribution in [0.3, 0.4) is 0 Å². The van der Waals surface area contributed by atoms with E-state index >= 15 is 0 Å². The summed E-state index contributed by atoms with van der Waals surface area (Å²) in [4.78, 5) is 9.21. The van der Waals surface area contributed by atoms with Crippen LogP contribution in [0.4, 0.5) is 0 Å². The summed E-state index contributed by atoms with van der Waals surface area (Å²) in [6, 6.07) is 26.4. The fourth-order valence-electron chi connectivity index (χ4n) is 4.86. The number of rotatable bonds is 9. The molecule has 36 heavy (non-hydrogen) atoms. The number of nitrogens with zero attached hydrogens (tertiary/aromatic N) is 3. The van der Waals surface area contributed by atoms with Crippen LogP contribution in [0.15, 0.2) is 85.1 Å². The average molecular weight is 502 g/mol. The standard InChI is InChI=1S/C30H32ClN3O2/c31-25-12-10-24(11-13-25)27-6-2-1-5-23(27)14-16-33-17-19-34(20-18-33)21-26(35)22-36-30-9-3-8-29-28(30)7-4-15-32-29/h1-13,15,26,35H,14,16-22H2. The molecule has 0 aliphatic carbocycles. The zero-order valence-corrected chi connectivity index (χ0v) is 21.1. The Balaban J connectivity index is 1.08. The van der Waals surface area contributed by atoms with Gasteiger partial charge in [0.25, 0.3) is 0 Å². The van der Waals surface area contributed by atoms with Crippen LogP contribution >= 0.6 is 11.6 Å². The van der Waals surface area contributed by atoms with Crippen molar-refractivity contribution in [2.45, 2.75) is 12.5 Å². The number of fused-ring (bicyclic) bond motifs is 1. The number of aliphatic hydroxyl groups excluding tert-OH is 1. The summed E-state index contributed by atoms with van der Waals surface area (Å²) in [6.07, 6.45) is 2.25. The van der Waals surface area contributed by atoms with E-state index in [4.69, 9.17) is 16.3 Å². The molecule has 0 amide bonds. The van der Waals surface area contributed by atoms with E-state index in [1.165, 1.54) is 16.7 Å². The molecule has 3 aromatic carbocycles. The molecule has 0 bridgehead atoms. The summed E-state index contributed by atoms with van der Waals surface area (Å²) in [6.45, 7) is 5.84. The van der Waals surface area contributed by atoms with Crippen molar-refractivity contribution in [1.29, 1.82) is 0 Å². The number of benzene rings is 3. The van der Waals surface area contributed by atoms with Crippen molar-refractivity contribution in [1.82, 2.24) is 14.8 Å². The summed E-state index contributed by atoms with van der Waals surface area (Å²) in [5.74, 6) is 0.767. The maximum absolute atomic E-state index is 10.6. The maximum atomic E-state index is 10.6. The molecule has 1 aromatic heterocycles. The van der Waals surface area contributed by atoms with Crippen LogP contribution in [-0.2, 0) is 6.42 Å². The molecule has 1 aliphatic heterocycles. The van der Waals surface area contributed by atoms with E-state index in [0.717, 1.165) is 60.8 Å². The minimum Gasteiger partial charge on any atom is -0.490 e. The van der Waals surface area contributed by atoms with Gasteiger partial charge >= 0.3 is 0 Å². The highest BCUT2D eigenvalue weighted by Crippen LogP contribution is 2.26. The van der Waals surface area contributed by atoms with E-state index in [-0.39, 0.29) is 6.61 Å². The molecule has 1 fully saturated rings. The molecular formula is C30H32ClN3O2. The lowest BCUT2D eigenvalue weighted by Gasteiger charge is -2.35. The van der Waals surface area contributed by atoms with Crippen molar-refractivity contribution >= 4 is 22.5 Å². The first-order chi connectivity index (χ1) is 17.7. The highest BCUT2D eigenvalue weighted by molar-refractivity contribution is 6.30. The average Bonchev–Trinajstić information content (AvgIpc) is 2.92. The van der Waals surface area contributed by atoms with Gasteiger partial charge in [0.2, 0.25) is 0 Å². The van der Waals surface area contributed by atoms with Crippen LogP contribution in [-0.4, -0.2) is 71.9 Å². The van der Waals surface area contributed by atoms with Crippen molar-refractivity contribution in [3.05, 3.63) is 95.6 Å². The minimum absolute atomic E-state index is 0.274. The monoisotopic (exact) mass is 501 g/mol. The van der Waals surface area contributed by atoms with E-state index in [0.29, 0.717) is 6.54 Å². The number of β-amino-alcohol motifs (C(OH)–C–C–N with tert-alkyl or cyclic N) is 1. The Morgan fingerprint density at radius 1 is 0.861 bits per heavy atom. The van der Waals surface area contributed by atoms with Gasteiger partial charge in [0, 0.05) is 55.9 Å². The van der Waals surface area contributed by atoms with Crippen molar-refractivity contribution < 1.29 is 9.84 Å². The van der Waals surface area contributed by atoms with Crippen molar-refractivity contribution in [3.63, 3.8) is 0 Å². The molecule has 1 aliphatic rings. The third kappa shape index (κ3) is 6.23. The molecule has 6 heteroatoms. The number of aromatic nitrogens is 1. The summed E-state index contributed by atoms with van der Waals surface area (Å²) in [5.41, 5.74) is 4.74. The number of aliphatic hydroxyl groups is 1. The molecule has 1 unspecified atom stereocenters. The van der Waals surface area contributed by atoms with Crippen molar-refractivity contribution in [3.8, 4) is 16.9 Å². The van der Waals surface area contributed by atoms with Gasteiger partial charge in [-0.1, -0.05) is 54.1 Å².